The largest absolute Gasteiger partial charge is 0.334 e. The van der Waals surface area contributed by atoms with Crippen LogP contribution in [0, 0.1) is 6.92 Å². The van der Waals surface area contributed by atoms with Gasteiger partial charge >= 0.3 is 6.03 Å². The molecule has 6 heteroatoms. The van der Waals surface area contributed by atoms with E-state index in [0.29, 0.717) is 12.2 Å². The Kier molecular flexibility index (Phi) is 6.69. The number of thioether (sulfide) groups is 1. The maximum absolute atomic E-state index is 11.8. The second-order valence-corrected chi connectivity index (χ2v) is 6.18. The van der Waals surface area contributed by atoms with Crippen LogP contribution in [0.3, 0.4) is 0 Å². The summed E-state index contributed by atoms with van der Waals surface area (Å²) in [7, 11) is 0. The van der Waals surface area contributed by atoms with Gasteiger partial charge in [0.2, 0.25) is 5.91 Å². The van der Waals surface area contributed by atoms with Gasteiger partial charge in [-0.3, -0.25) is 4.79 Å². The van der Waals surface area contributed by atoms with Crippen LogP contribution < -0.4 is 16.0 Å². The van der Waals surface area contributed by atoms with Gasteiger partial charge in [0.15, 0.2) is 0 Å². The third-order valence-corrected chi connectivity index (χ3v) is 4.10. The normalized spacial score (nSPS) is 10.1. The van der Waals surface area contributed by atoms with E-state index in [-0.39, 0.29) is 18.5 Å². The number of aryl methyl sites for hydroxylation is 1. The van der Waals surface area contributed by atoms with Crippen molar-refractivity contribution in [2.75, 3.05) is 18.1 Å². The van der Waals surface area contributed by atoms with Crippen LogP contribution in [-0.4, -0.2) is 24.7 Å². The molecule has 0 unspecified atom stereocenters. The topological polar surface area (TPSA) is 70.2 Å². The number of amides is 3. The van der Waals surface area contributed by atoms with Gasteiger partial charge in [-0.2, -0.15) is 0 Å². The van der Waals surface area contributed by atoms with Crippen LogP contribution in [-0.2, 0) is 11.3 Å². The Morgan fingerprint density at radius 1 is 0.958 bits per heavy atom. The van der Waals surface area contributed by atoms with Gasteiger partial charge in [-0.05, 0) is 43.0 Å². The number of hydrogen-bond acceptors (Lipinski definition) is 3. The number of carbonyl (C=O) groups is 2. The number of nitrogens with one attached hydrogen (secondary N) is 3. The molecule has 0 spiro atoms. The van der Waals surface area contributed by atoms with Gasteiger partial charge < -0.3 is 16.0 Å². The van der Waals surface area contributed by atoms with E-state index in [2.05, 4.69) is 16.0 Å². The molecular formula is C18H21N3O2S. The van der Waals surface area contributed by atoms with Gasteiger partial charge in [-0.1, -0.05) is 29.8 Å². The van der Waals surface area contributed by atoms with Crippen molar-refractivity contribution in [3.8, 4) is 0 Å². The zero-order chi connectivity index (χ0) is 17.4. The summed E-state index contributed by atoms with van der Waals surface area (Å²) in [5.74, 6) is -0.266. The van der Waals surface area contributed by atoms with E-state index in [0.717, 1.165) is 10.5 Å². The average molecular weight is 343 g/mol. The van der Waals surface area contributed by atoms with Gasteiger partial charge in [-0.15, -0.1) is 11.8 Å². The van der Waals surface area contributed by atoms with Crippen molar-refractivity contribution in [2.24, 2.45) is 0 Å². The summed E-state index contributed by atoms with van der Waals surface area (Å²) in [6.45, 7) is 2.35. The molecule has 0 fully saturated rings. The van der Waals surface area contributed by atoms with E-state index in [4.69, 9.17) is 0 Å². The molecule has 0 radical (unpaired) electrons. The number of anilines is 1. The molecular weight excluding hydrogens is 322 g/mol. The van der Waals surface area contributed by atoms with Gasteiger partial charge in [0.05, 0.1) is 6.54 Å². The SMILES string of the molecule is CSc1ccc(NC(=O)CNC(=O)NCc2ccc(C)cc2)cc1. The number of benzene rings is 2. The smallest absolute Gasteiger partial charge is 0.315 e. The summed E-state index contributed by atoms with van der Waals surface area (Å²) < 4.78 is 0. The lowest BCUT2D eigenvalue weighted by molar-refractivity contribution is -0.115. The number of rotatable bonds is 6. The van der Waals surface area contributed by atoms with Crippen molar-refractivity contribution in [1.82, 2.24) is 10.6 Å². The minimum atomic E-state index is -0.372. The second-order valence-electron chi connectivity index (χ2n) is 5.30. The highest BCUT2D eigenvalue weighted by atomic mass is 32.2. The maximum Gasteiger partial charge on any atom is 0.315 e. The highest BCUT2D eigenvalue weighted by molar-refractivity contribution is 7.98. The molecule has 2 rings (SSSR count). The Morgan fingerprint density at radius 3 is 2.25 bits per heavy atom. The molecule has 2 aromatic carbocycles. The number of carbonyl (C=O) groups excluding carboxylic acids is 2. The van der Waals surface area contributed by atoms with Gasteiger partial charge in [-0.25, -0.2) is 4.79 Å². The molecule has 0 atom stereocenters. The standard InChI is InChI=1S/C18H21N3O2S/c1-13-3-5-14(6-4-13)11-19-18(23)20-12-17(22)21-15-7-9-16(24-2)10-8-15/h3-10H,11-12H2,1-2H3,(H,21,22)(H2,19,20,23). The Morgan fingerprint density at radius 2 is 1.62 bits per heavy atom. The van der Waals surface area contributed by atoms with Crippen molar-refractivity contribution in [3.05, 3.63) is 59.7 Å². The Bertz CT molecular complexity index is 684. The number of urea groups is 1. The fourth-order valence-corrected chi connectivity index (χ4v) is 2.40. The van der Waals surface area contributed by atoms with E-state index in [9.17, 15) is 9.59 Å². The Labute approximate surface area is 146 Å². The van der Waals surface area contributed by atoms with Crippen LogP contribution >= 0.6 is 11.8 Å². The average Bonchev–Trinajstić information content (AvgIpc) is 2.60. The summed E-state index contributed by atoms with van der Waals surface area (Å²) in [4.78, 5) is 24.7. The zero-order valence-electron chi connectivity index (χ0n) is 13.8. The predicted octanol–water partition coefficient (Wildman–Crippen LogP) is 3.15. The van der Waals surface area contributed by atoms with Crippen molar-refractivity contribution in [2.45, 2.75) is 18.4 Å². The van der Waals surface area contributed by atoms with Crippen LogP contribution in [0.1, 0.15) is 11.1 Å². The third-order valence-electron chi connectivity index (χ3n) is 3.36. The van der Waals surface area contributed by atoms with E-state index < -0.39 is 0 Å². The summed E-state index contributed by atoms with van der Waals surface area (Å²) in [5, 5.41) is 8.00. The molecule has 0 aliphatic heterocycles. The first-order valence-electron chi connectivity index (χ1n) is 7.58. The molecule has 0 bridgehead atoms. The van der Waals surface area contributed by atoms with Crippen molar-refractivity contribution in [1.29, 1.82) is 0 Å². The summed E-state index contributed by atoms with van der Waals surface area (Å²) >= 11 is 1.64. The lowest BCUT2D eigenvalue weighted by Gasteiger charge is -2.09. The van der Waals surface area contributed by atoms with Gasteiger partial charge in [0.1, 0.15) is 0 Å². The van der Waals surface area contributed by atoms with Gasteiger partial charge in [0.25, 0.3) is 0 Å². The third kappa shape index (κ3) is 5.96. The summed E-state index contributed by atoms with van der Waals surface area (Å²) in [5.41, 5.74) is 2.89. The summed E-state index contributed by atoms with van der Waals surface area (Å²) in [6.07, 6.45) is 1.99. The Balaban J connectivity index is 1.70. The van der Waals surface area contributed by atoms with E-state index >= 15 is 0 Å². The lowest BCUT2D eigenvalue weighted by atomic mass is 10.1. The Hall–Kier alpha value is -2.47. The molecule has 3 amide bonds. The van der Waals surface area contributed by atoms with Crippen LogP contribution in [0.15, 0.2) is 53.4 Å². The fourth-order valence-electron chi connectivity index (χ4n) is 1.99. The molecule has 2 aromatic rings. The molecule has 24 heavy (non-hydrogen) atoms. The predicted molar refractivity (Wildman–Crippen MR) is 98.3 cm³/mol. The number of hydrogen-bond donors (Lipinski definition) is 3. The minimum absolute atomic E-state index is 0.0794. The minimum Gasteiger partial charge on any atom is -0.334 e. The van der Waals surface area contributed by atoms with E-state index in [1.165, 1.54) is 5.56 Å². The quantitative estimate of drug-likeness (QED) is 0.706. The van der Waals surface area contributed by atoms with Crippen molar-refractivity contribution in [3.63, 3.8) is 0 Å². The second kappa shape index (κ2) is 8.98. The first-order chi connectivity index (χ1) is 11.6. The highest BCUT2D eigenvalue weighted by Gasteiger charge is 2.05. The molecule has 0 aromatic heterocycles. The van der Waals surface area contributed by atoms with E-state index in [1.54, 1.807) is 11.8 Å². The van der Waals surface area contributed by atoms with Crippen molar-refractivity contribution >= 4 is 29.4 Å². The van der Waals surface area contributed by atoms with Gasteiger partial charge in [0, 0.05) is 17.1 Å². The van der Waals surface area contributed by atoms with Crippen LogP contribution in [0.4, 0.5) is 10.5 Å². The molecule has 126 valence electrons. The maximum atomic E-state index is 11.8. The lowest BCUT2D eigenvalue weighted by Crippen LogP contribution is -2.39. The van der Waals surface area contributed by atoms with Crippen LogP contribution in [0.2, 0.25) is 0 Å². The van der Waals surface area contributed by atoms with E-state index in [1.807, 2.05) is 61.7 Å². The monoisotopic (exact) mass is 343 g/mol. The first-order valence-corrected chi connectivity index (χ1v) is 8.80. The van der Waals surface area contributed by atoms with Crippen LogP contribution in [0.25, 0.3) is 0 Å². The molecule has 0 saturated heterocycles. The molecule has 0 aliphatic rings. The molecule has 0 aliphatic carbocycles. The summed E-state index contributed by atoms with van der Waals surface area (Å²) in [6, 6.07) is 15.1. The van der Waals surface area contributed by atoms with Crippen LogP contribution in [0.5, 0.6) is 0 Å². The molecule has 0 heterocycles. The first kappa shape index (κ1) is 17.9. The fraction of sp³-hybridized carbons (Fsp3) is 0.222. The zero-order valence-corrected chi connectivity index (χ0v) is 14.6. The van der Waals surface area contributed by atoms with Crippen molar-refractivity contribution < 1.29 is 9.59 Å². The molecule has 3 N–H and O–H groups in total. The highest BCUT2D eigenvalue weighted by Crippen LogP contribution is 2.17. The molecule has 5 nitrogen and oxygen atoms in total. The molecule has 0 saturated carbocycles.